The van der Waals surface area contributed by atoms with Crippen LogP contribution in [0, 0.1) is 0 Å². The van der Waals surface area contributed by atoms with E-state index in [-0.39, 0.29) is 0 Å². The van der Waals surface area contributed by atoms with Crippen molar-refractivity contribution in [2.45, 2.75) is 0 Å². The van der Waals surface area contributed by atoms with E-state index in [9.17, 15) is 0 Å². The summed E-state index contributed by atoms with van der Waals surface area (Å²) in [6.45, 7) is 0. The monoisotopic (exact) mass is 478 g/mol. The van der Waals surface area contributed by atoms with Gasteiger partial charge in [0.25, 0.3) is 0 Å². The third kappa shape index (κ3) is 3.08. The smallest absolute Gasteiger partial charge is 0.114 e. The van der Waals surface area contributed by atoms with Gasteiger partial charge in [-0.05, 0) is 35.7 Å². The van der Waals surface area contributed by atoms with Gasteiger partial charge in [-0.15, -0.1) is 22.7 Å². The standard InChI is InChI=1S/C26H14N4S3/c1-3-15-5-6-16-7-10-19(28-24(16)23(15)27-13-1)22-12-11-21(32-22)18-9-8-17(20-4-2-14-31-20)25-26(18)30-33-29-25/h1-14H. The first kappa shape index (κ1) is 19.0. The number of fused-ring (bicyclic) bond motifs is 4. The molecule has 0 spiro atoms. The van der Waals surface area contributed by atoms with Crippen molar-refractivity contribution in [1.82, 2.24) is 18.7 Å². The number of thiophene rings is 2. The molecule has 0 radical (unpaired) electrons. The molecule has 33 heavy (non-hydrogen) atoms. The van der Waals surface area contributed by atoms with Crippen LogP contribution in [0.25, 0.3) is 64.3 Å². The molecule has 0 saturated carbocycles. The van der Waals surface area contributed by atoms with Crippen molar-refractivity contribution in [3.8, 4) is 31.5 Å². The largest absolute Gasteiger partial charge is 0.254 e. The zero-order valence-corrected chi connectivity index (χ0v) is 19.5. The van der Waals surface area contributed by atoms with Crippen LogP contribution in [0.1, 0.15) is 0 Å². The molecule has 0 N–H and O–H groups in total. The molecule has 0 bridgehead atoms. The molecule has 156 valence electrons. The third-order valence-electron chi connectivity index (χ3n) is 5.76. The van der Waals surface area contributed by atoms with Gasteiger partial charge in [-0.3, -0.25) is 4.98 Å². The van der Waals surface area contributed by atoms with Crippen LogP contribution < -0.4 is 0 Å². The van der Waals surface area contributed by atoms with E-state index < -0.39 is 0 Å². The van der Waals surface area contributed by atoms with E-state index in [4.69, 9.17) is 4.98 Å². The maximum Gasteiger partial charge on any atom is 0.114 e. The van der Waals surface area contributed by atoms with Crippen LogP contribution in [-0.2, 0) is 0 Å². The minimum Gasteiger partial charge on any atom is -0.254 e. The van der Waals surface area contributed by atoms with Crippen LogP contribution >= 0.6 is 34.4 Å². The van der Waals surface area contributed by atoms with E-state index in [2.05, 4.69) is 85.8 Å². The zero-order chi connectivity index (χ0) is 21.8. The van der Waals surface area contributed by atoms with Gasteiger partial charge in [0.1, 0.15) is 11.0 Å². The Morgan fingerprint density at radius 2 is 1.33 bits per heavy atom. The number of rotatable bonds is 3. The van der Waals surface area contributed by atoms with Crippen LogP contribution in [0.3, 0.4) is 0 Å². The Labute approximate surface area is 201 Å². The van der Waals surface area contributed by atoms with Crippen LogP contribution in [0.15, 0.2) is 84.4 Å². The summed E-state index contributed by atoms with van der Waals surface area (Å²) in [6, 6.07) is 25.3. The van der Waals surface area contributed by atoms with Gasteiger partial charge >= 0.3 is 0 Å². The van der Waals surface area contributed by atoms with Gasteiger partial charge in [0.2, 0.25) is 0 Å². The Morgan fingerprint density at radius 1 is 0.576 bits per heavy atom. The summed E-state index contributed by atoms with van der Waals surface area (Å²) in [5.41, 5.74) is 7.02. The first-order valence-electron chi connectivity index (χ1n) is 10.4. The first-order chi connectivity index (χ1) is 16.3. The fraction of sp³-hybridized carbons (Fsp3) is 0. The topological polar surface area (TPSA) is 51.6 Å². The van der Waals surface area contributed by atoms with Crippen molar-refractivity contribution < 1.29 is 0 Å². The lowest BCUT2D eigenvalue weighted by Gasteiger charge is -2.05. The number of benzene rings is 2. The molecule has 0 unspecified atom stereocenters. The van der Waals surface area contributed by atoms with Crippen LogP contribution in [0.5, 0.6) is 0 Å². The molecule has 0 fully saturated rings. The lowest BCUT2D eigenvalue weighted by molar-refractivity contribution is 1.38. The van der Waals surface area contributed by atoms with Crippen molar-refractivity contribution in [1.29, 1.82) is 0 Å². The third-order valence-corrected chi connectivity index (χ3v) is 8.33. The fourth-order valence-electron chi connectivity index (χ4n) is 4.18. The fourth-order valence-corrected chi connectivity index (χ4v) is 6.51. The summed E-state index contributed by atoms with van der Waals surface area (Å²) in [5.74, 6) is 0. The van der Waals surface area contributed by atoms with Crippen molar-refractivity contribution >= 4 is 67.2 Å². The van der Waals surface area contributed by atoms with Gasteiger partial charge < -0.3 is 0 Å². The second kappa shape index (κ2) is 7.52. The summed E-state index contributed by atoms with van der Waals surface area (Å²) in [5, 5.41) is 4.29. The second-order valence-electron chi connectivity index (χ2n) is 7.67. The Hall–Kier alpha value is -3.52. The molecule has 2 aromatic carbocycles. The number of hydrogen-bond acceptors (Lipinski definition) is 7. The number of aromatic nitrogens is 4. The Morgan fingerprint density at radius 3 is 2.15 bits per heavy atom. The molecule has 5 aromatic heterocycles. The Balaban J connectivity index is 1.35. The molecule has 0 amide bonds. The first-order valence-corrected chi connectivity index (χ1v) is 12.8. The molecule has 0 atom stereocenters. The predicted molar refractivity (Wildman–Crippen MR) is 140 cm³/mol. The van der Waals surface area contributed by atoms with Gasteiger partial charge in [-0.1, -0.05) is 42.5 Å². The van der Waals surface area contributed by atoms with Gasteiger partial charge in [0.05, 0.1) is 33.3 Å². The SMILES string of the molecule is c1csc(-c2ccc(-c3ccc(-c4ccc5ccc6cccnc6c5n4)s3)c3nsnc23)c1. The maximum absolute atomic E-state index is 5.00. The van der Waals surface area contributed by atoms with E-state index in [1.165, 1.54) is 21.5 Å². The number of pyridine rings is 2. The van der Waals surface area contributed by atoms with Crippen LogP contribution in [0.4, 0.5) is 0 Å². The molecule has 0 aliphatic heterocycles. The molecule has 7 aromatic rings. The number of hydrogen-bond donors (Lipinski definition) is 0. The van der Waals surface area contributed by atoms with Crippen LogP contribution in [-0.4, -0.2) is 18.7 Å². The van der Waals surface area contributed by atoms with Gasteiger partial charge in [0.15, 0.2) is 0 Å². The molecule has 7 rings (SSSR count). The molecule has 0 saturated heterocycles. The van der Waals surface area contributed by atoms with E-state index >= 15 is 0 Å². The van der Waals surface area contributed by atoms with E-state index in [1.807, 2.05) is 12.3 Å². The molecule has 0 aliphatic rings. The summed E-state index contributed by atoms with van der Waals surface area (Å²) >= 11 is 4.72. The van der Waals surface area contributed by atoms with Crippen molar-refractivity contribution in [3.05, 3.63) is 84.4 Å². The molecule has 7 heteroatoms. The van der Waals surface area contributed by atoms with E-state index in [1.54, 1.807) is 22.7 Å². The highest BCUT2D eigenvalue weighted by molar-refractivity contribution is 7.19. The summed E-state index contributed by atoms with van der Waals surface area (Å²) in [4.78, 5) is 13.1. The number of nitrogens with zero attached hydrogens (tertiary/aromatic N) is 4. The summed E-state index contributed by atoms with van der Waals surface area (Å²) in [6.07, 6.45) is 1.83. The lowest BCUT2D eigenvalue weighted by Crippen LogP contribution is -1.87. The van der Waals surface area contributed by atoms with E-state index in [0.29, 0.717) is 0 Å². The minimum atomic E-state index is 0.937. The van der Waals surface area contributed by atoms with Gasteiger partial charge in [-0.25, -0.2) is 4.98 Å². The predicted octanol–water partition coefficient (Wildman–Crippen LogP) is 7.91. The highest BCUT2D eigenvalue weighted by Gasteiger charge is 2.16. The van der Waals surface area contributed by atoms with Gasteiger partial charge in [0, 0.05) is 37.9 Å². The summed E-state index contributed by atoms with van der Waals surface area (Å²) < 4.78 is 9.25. The average molecular weight is 479 g/mol. The van der Waals surface area contributed by atoms with Crippen molar-refractivity contribution in [3.63, 3.8) is 0 Å². The lowest BCUT2D eigenvalue weighted by atomic mass is 10.1. The Bertz CT molecular complexity index is 1780. The molecular weight excluding hydrogens is 465 g/mol. The minimum absolute atomic E-state index is 0.937. The Kier molecular flexibility index (Phi) is 4.33. The highest BCUT2D eigenvalue weighted by Crippen LogP contribution is 2.40. The maximum atomic E-state index is 5.00. The van der Waals surface area contributed by atoms with Crippen molar-refractivity contribution in [2.75, 3.05) is 0 Å². The quantitative estimate of drug-likeness (QED) is 0.242. The van der Waals surface area contributed by atoms with Crippen molar-refractivity contribution in [2.24, 2.45) is 0 Å². The second-order valence-corrected chi connectivity index (χ2v) is 10.2. The van der Waals surface area contributed by atoms with Gasteiger partial charge in [-0.2, -0.15) is 8.75 Å². The molecule has 4 nitrogen and oxygen atoms in total. The normalized spacial score (nSPS) is 11.6. The zero-order valence-electron chi connectivity index (χ0n) is 17.1. The molecule has 0 aliphatic carbocycles. The highest BCUT2D eigenvalue weighted by atomic mass is 32.1. The molecular formula is C26H14N4S3. The average Bonchev–Trinajstić information content (AvgIpc) is 3.65. The summed E-state index contributed by atoms with van der Waals surface area (Å²) in [7, 11) is 0. The van der Waals surface area contributed by atoms with E-state index in [0.717, 1.165) is 54.5 Å². The molecule has 5 heterocycles. The van der Waals surface area contributed by atoms with Crippen LogP contribution in [0.2, 0.25) is 0 Å².